The third kappa shape index (κ3) is 3.55. The SMILES string of the molecule is CCCCCSc1nc2ccc(I)cc2c(=O)n1CC. The molecule has 0 spiro atoms. The summed E-state index contributed by atoms with van der Waals surface area (Å²) in [5, 5.41) is 1.57. The predicted octanol–water partition coefficient (Wildman–Crippen LogP) is 4.30. The summed E-state index contributed by atoms with van der Waals surface area (Å²) >= 11 is 3.92. The van der Waals surface area contributed by atoms with Gasteiger partial charge in [-0.1, -0.05) is 31.5 Å². The number of halogens is 1. The third-order valence-corrected chi connectivity index (χ3v) is 4.91. The fraction of sp³-hybridized carbons (Fsp3) is 0.467. The van der Waals surface area contributed by atoms with Crippen LogP contribution in [0.4, 0.5) is 0 Å². The zero-order valence-corrected chi connectivity index (χ0v) is 14.8. The molecule has 0 saturated heterocycles. The van der Waals surface area contributed by atoms with E-state index in [2.05, 4.69) is 34.5 Å². The van der Waals surface area contributed by atoms with Gasteiger partial charge in [0.1, 0.15) is 0 Å². The zero-order valence-electron chi connectivity index (χ0n) is 11.9. The van der Waals surface area contributed by atoms with Crippen molar-refractivity contribution in [2.24, 2.45) is 0 Å². The van der Waals surface area contributed by atoms with Gasteiger partial charge in [-0.15, -0.1) is 0 Å². The zero-order chi connectivity index (χ0) is 14.5. The molecular formula is C15H19IN2OS. The maximum absolute atomic E-state index is 12.5. The van der Waals surface area contributed by atoms with Crippen LogP contribution in [0.25, 0.3) is 10.9 Å². The summed E-state index contributed by atoms with van der Waals surface area (Å²) < 4.78 is 2.86. The molecule has 2 aromatic rings. The predicted molar refractivity (Wildman–Crippen MR) is 94.6 cm³/mol. The van der Waals surface area contributed by atoms with Crippen LogP contribution in [0.3, 0.4) is 0 Å². The van der Waals surface area contributed by atoms with Gasteiger partial charge in [0.25, 0.3) is 5.56 Å². The number of aromatic nitrogens is 2. The summed E-state index contributed by atoms with van der Waals surface area (Å²) in [6, 6.07) is 5.86. The maximum Gasteiger partial charge on any atom is 0.262 e. The molecule has 0 N–H and O–H groups in total. The van der Waals surface area contributed by atoms with E-state index in [1.807, 2.05) is 25.1 Å². The van der Waals surface area contributed by atoms with Gasteiger partial charge in [0.2, 0.25) is 0 Å². The minimum Gasteiger partial charge on any atom is -0.287 e. The first-order chi connectivity index (χ1) is 9.67. The van der Waals surface area contributed by atoms with Crippen LogP contribution < -0.4 is 5.56 Å². The van der Waals surface area contributed by atoms with Gasteiger partial charge in [-0.25, -0.2) is 4.98 Å². The largest absolute Gasteiger partial charge is 0.287 e. The maximum atomic E-state index is 12.5. The third-order valence-electron chi connectivity index (χ3n) is 3.18. The molecule has 0 unspecified atom stereocenters. The molecule has 3 nitrogen and oxygen atoms in total. The van der Waals surface area contributed by atoms with Crippen molar-refractivity contribution in [3.63, 3.8) is 0 Å². The first-order valence-electron chi connectivity index (χ1n) is 7.00. The Balaban J connectivity index is 2.39. The van der Waals surface area contributed by atoms with Crippen molar-refractivity contribution in [1.29, 1.82) is 0 Å². The average molecular weight is 402 g/mol. The lowest BCUT2D eigenvalue weighted by Crippen LogP contribution is -2.22. The molecule has 0 radical (unpaired) electrons. The molecule has 20 heavy (non-hydrogen) atoms. The van der Waals surface area contributed by atoms with Crippen molar-refractivity contribution >= 4 is 45.3 Å². The number of nitrogens with zero attached hydrogens (tertiary/aromatic N) is 2. The Labute approximate surface area is 137 Å². The molecule has 0 fully saturated rings. The van der Waals surface area contributed by atoms with Crippen LogP contribution in [0.1, 0.15) is 33.1 Å². The molecule has 0 amide bonds. The molecule has 0 atom stereocenters. The van der Waals surface area contributed by atoms with Crippen molar-refractivity contribution in [3.05, 3.63) is 32.1 Å². The van der Waals surface area contributed by atoms with Gasteiger partial charge in [-0.05, 0) is 54.1 Å². The van der Waals surface area contributed by atoms with Gasteiger partial charge in [-0.2, -0.15) is 0 Å². The van der Waals surface area contributed by atoms with E-state index in [-0.39, 0.29) is 5.56 Å². The minimum absolute atomic E-state index is 0.0778. The monoisotopic (exact) mass is 402 g/mol. The molecule has 0 aliphatic rings. The molecule has 1 heterocycles. The van der Waals surface area contributed by atoms with Crippen molar-refractivity contribution in [1.82, 2.24) is 9.55 Å². The fourth-order valence-electron chi connectivity index (χ4n) is 2.08. The van der Waals surface area contributed by atoms with E-state index >= 15 is 0 Å². The quantitative estimate of drug-likeness (QED) is 0.313. The second kappa shape index (κ2) is 7.45. The lowest BCUT2D eigenvalue weighted by atomic mass is 10.2. The number of rotatable bonds is 6. The molecule has 0 aliphatic carbocycles. The normalized spacial score (nSPS) is 11.2. The highest BCUT2D eigenvalue weighted by Gasteiger charge is 2.10. The molecule has 0 bridgehead atoms. The van der Waals surface area contributed by atoms with Crippen molar-refractivity contribution in [2.45, 2.75) is 44.8 Å². The lowest BCUT2D eigenvalue weighted by Gasteiger charge is -2.11. The smallest absolute Gasteiger partial charge is 0.262 e. The number of hydrogen-bond acceptors (Lipinski definition) is 3. The number of fused-ring (bicyclic) bond motifs is 1. The highest BCUT2D eigenvalue weighted by molar-refractivity contribution is 14.1. The summed E-state index contributed by atoms with van der Waals surface area (Å²) in [7, 11) is 0. The van der Waals surface area contributed by atoms with Gasteiger partial charge in [0, 0.05) is 15.9 Å². The molecule has 0 aliphatic heterocycles. The first-order valence-corrected chi connectivity index (χ1v) is 9.06. The van der Waals surface area contributed by atoms with E-state index in [0.717, 1.165) is 25.4 Å². The van der Waals surface area contributed by atoms with Crippen molar-refractivity contribution < 1.29 is 0 Å². The van der Waals surface area contributed by atoms with Gasteiger partial charge in [0.15, 0.2) is 5.16 Å². The summed E-state index contributed by atoms with van der Waals surface area (Å²) in [4.78, 5) is 17.2. The Kier molecular flexibility index (Phi) is 5.89. The fourth-order valence-corrected chi connectivity index (χ4v) is 3.63. The standard InChI is InChI=1S/C15H19IN2OS/c1-3-5-6-9-20-15-17-13-8-7-11(16)10-12(13)14(19)18(15)4-2/h7-8,10H,3-6,9H2,1-2H3. The second-order valence-corrected chi connectivity index (χ2v) is 6.97. The highest BCUT2D eigenvalue weighted by Crippen LogP contribution is 2.20. The van der Waals surface area contributed by atoms with E-state index in [1.54, 1.807) is 16.3 Å². The van der Waals surface area contributed by atoms with Crippen LogP contribution in [0, 0.1) is 3.57 Å². The van der Waals surface area contributed by atoms with Crippen LogP contribution in [-0.2, 0) is 6.54 Å². The lowest BCUT2D eigenvalue weighted by molar-refractivity contribution is 0.633. The molecule has 1 aromatic heterocycles. The Morgan fingerprint density at radius 3 is 2.80 bits per heavy atom. The topological polar surface area (TPSA) is 34.9 Å². The van der Waals surface area contributed by atoms with Crippen LogP contribution in [0.15, 0.2) is 28.2 Å². The van der Waals surface area contributed by atoms with Crippen LogP contribution in [0.5, 0.6) is 0 Å². The molecule has 108 valence electrons. The summed E-state index contributed by atoms with van der Waals surface area (Å²) in [6.07, 6.45) is 3.62. The minimum atomic E-state index is 0.0778. The second-order valence-electron chi connectivity index (χ2n) is 4.66. The van der Waals surface area contributed by atoms with Gasteiger partial charge >= 0.3 is 0 Å². The Morgan fingerprint density at radius 2 is 2.10 bits per heavy atom. The van der Waals surface area contributed by atoms with Crippen molar-refractivity contribution in [2.75, 3.05) is 5.75 Å². The van der Waals surface area contributed by atoms with Crippen LogP contribution in [-0.4, -0.2) is 15.3 Å². The van der Waals surface area contributed by atoms with Gasteiger partial charge in [0.05, 0.1) is 10.9 Å². The average Bonchev–Trinajstić information content (AvgIpc) is 2.45. The summed E-state index contributed by atoms with van der Waals surface area (Å²) in [5.41, 5.74) is 0.882. The van der Waals surface area contributed by atoms with Gasteiger partial charge in [-0.3, -0.25) is 9.36 Å². The highest BCUT2D eigenvalue weighted by atomic mass is 127. The molecule has 1 aromatic carbocycles. The summed E-state index contributed by atoms with van der Waals surface area (Å²) in [6.45, 7) is 4.87. The number of hydrogen-bond donors (Lipinski definition) is 0. The Morgan fingerprint density at radius 1 is 1.30 bits per heavy atom. The van der Waals surface area contributed by atoms with Crippen LogP contribution >= 0.6 is 34.4 Å². The van der Waals surface area contributed by atoms with E-state index in [4.69, 9.17) is 0 Å². The van der Waals surface area contributed by atoms with E-state index in [0.29, 0.717) is 6.54 Å². The number of thioether (sulfide) groups is 1. The van der Waals surface area contributed by atoms with E-state index < -0.39 is 0 Å². The summed E-state index contributed by atoms with van der Waals surface area (Å²) in [5.74, 6) is 1.02. The first kappa shape index (κ1) is 15.8. The Bertz CT molecular complexity index is 654. The molecule has 0 saturated carbocycles. The molecular weight excluding hydrogens is 383 g/mol. The van der Waals surface area contributed by atoms with E-state index in [9.17, 15) is 4.79 Å². The number of benzene rings is 1. The van der Waals surface area contributed by atoms with Crippen molar-refractivity contribution in [3.8, 4) is 0 Å². The molecule has 5 heteroatoms. The molecule has 2 rings (SSSR count). The van der Waals surface area contributed by atoms with E-state index in [1.165, 1.54) is 19.3 Å². The van der Waals surface area contributed by atoms with Gasteiger partial charge < -0.3 is 0 Å². The number of unbranched alkanes of at least 4 members (excludes halogenated alkanes) is 2. The van der Waals surface area contributed by atoms with Crippen LogP contribution in [0.2, 0.25) is 0 Å². The Hall–Kier alpha value is -0.560.